The van der Waals surface area contributed by atoms with Crippen LogP contribution in [0.15, 0.2) is 73.3 Å². The Bertz CT molecular complexity index is 3380. The van der Waals surface area contributed by atoms with Crippen LogP contribution in [0.4, 0.5) is 33.5 Å². The first-order valence-electron chi connectivity index (χ1n) is 31.3. The molecule has 17 heteroatoms. The predicted octanol–water partition coefficient (Wildman–Crippen LogP) is 14.5. The first-order valence-corrected chi connectivity index (χ1v) is 33.8. The number of hydrogen-bond donors (Lipinski definition) is 4. The van der Waals surface area contributed by atoms with Crippen molar-refractivity contribution in [1.82, 2.24) is 44.6 Å². The predicted molar refractivity (Wildman–Crippen MR) is 347 cm³/mol. The van der Waals surface area contributed by atoms with Crippen LogP contribution in [0.5, 0.6) is 0 Å². The molecule has 0 atom stereocenters. The van der Waals surface area contributed by atoms with Gasteiger partial charge in [0.2, 0.25) is 5.95 Å². The molecule has 0 unspecified atom stereocenters. The highest BCUT2D eigenvalue weighted by Gasteiger charge is 2.30. The zero-order chi connectivity index (χ0) is 56.7. The van der Waals surface area contributed by atoms with Crippen molar-refractivity contribution in [3.05, 3.63) is 110 Å². The number of nitrogens with one attached hydrogen (secondary N) is 4. The van der Waals surface area contributed by atoms with Gasteiger partial charge in [0.05, 0.1) is 16.2 Å². The Morgan fingerprint density at radius 2 is 0.928 bits per heavy atom. The van der Waals surface area contributed by atoms with Gasteiger partial charge in [-0.3, -0.25) is 0 Å². The highest BCUT2D eigenvalue weighted by atomic mass is 32.1. The molecule has 6 heterocycles. The molecule has 6 aliphatic carbocycles. The summed E-state index contributed by atoms with van der Waals surface area (Å²) in [5, 5.41) is 18.6. The van der Waals surface area contributed by atoms with E-state index in [0.717, 1.165) is 77.4 Å². The summed E-state index contributed by atoms with van der Waals surface area (Å²) in [7, 11) is 8.75. The first kappa shape index (κ1) is 58.0. The van der Waals surface area contributed by atoms with Gasteiger partial charge in [-0.15, -0.1) is 34.0 Å². The Morgan fingerprint density at radius 1 is 0.482 bits per heavy atom. The molecule has 6 aromatic heterocycles. The van der Waals surface area contributed by atoms with Crippen LogP contribution in [0.2, 0.25) is 0 Å². The summed E-state index contributed by atoms with van der Waals surface area (Å²) in [6.45, 7) is 1.48. The lowest BCUT2D eigenvalue weighted by atomic mass is 9.90. The second-order valence-electron chi connectivity index (χ2n) is 24.6. The summed E-state index contributed by atoms with van der Waals surface area (Å²) >= 11 is 5.57. The Labute approximate surface area is 503 Å². The molecular formula is C66H86FN13S3. The summed E-state index contributed by atoms with van der Waals surface area (Å²) in [4.78, 5) is 43.2. The SMILES string of the molecule is CN(C)C1CCC(Nc2nc(Nc3ccccc3)nc3sc4c(c23)CCC4)CC1.CN(CCCc1ccccc1)C1CCC(Nc2ncnc3sc4c(c23)CCC4)CC1.CN(CCF)C1CCC(Nc2ncnc3sc4c(c23)CCC4)CC1. The lowest BCUT2D eigenvalue weighted by molar-refractivity contribution is 0.174. The molecule has 0 spiro atoms. The third kappa shape index (κ3) is 13.8. The molecule has 0 bridgehead atoms. The summed E-state index contributed by atoms with van der Waals surface area (Å²) < 4.78 is 12.5. The van der Waals surface area contributed by atoms with E-state index in [1.165, 1.54) is 174 Å². The standard InChI is InChI=1S/C25H32N4S.C23H29N5S.C18H25FN4S/c1-29(16-6-9-18-7-3-2-4-8-18)20-14-12-19(13-15-20)28-24-23-21-10-5-11-22(21)30-25(23)27-17-26-24;1-28(2)17-13-11-16(12-14-17)24-21-20-18-9-6-10-19(18)29-22(20)27-23(26-21)25-15-7-4-3-5-8-15;1-23(10-9-19)13-7-5-12(6-8-13)22-17-16-14-3-2-4-15(14)24-18(16)21-11-20-17/h2-4,7-8,17,19-20H,5-6,9-16H2,1H3,(H,26,27,28);3-5,7-8,16-17H,6,9-14H2,1-2H3,(H2,24,25,26,27);11-13H,2-10H2,1H3,(H,20,21,22). The number of para-hydroxylation sites is 1. The van der Waals surface area contributed by atoms with Crippen molar-refractivity contribution in [2.24, 2.45) is 0 Å². The number of anilines is 5. The number of aryl methyl sites for hydroxylation is 7. The Kier molecular flexibility index (Phi) is 19.1. The van der Waals surface area contributed by atoms with E-state index in [2.05, 4.69) is 120 Å². The van der Waals surface area contributed by atoms with Crippen LogP contribution in [0.3, 0.4) is 0 Å². The van der Waals surface area contributed by atoms with Gasteiger partial charge in [0.25, 0.3) is 0 Å². The number of rotatable bonds is 17. The zero-order valence-electron chi connectivity index (χ0n) is 49.4. The largest absolute Gasteiger partial charge is 0.367 e. The van der Waals surface area contributed by atoms with Gasteiger partial charge in [-0.2, -0.15) is 4.98 Å². The molecule has 0 amide bonds. The molecule has 6 aliphatic rings. The summed E-state index contributed by atoms with van der Waals surface area (Å²) in [5.41, 5.74) is 6.96. The van der Waals surface area contributed by atoms with Crippen LogP contribution in [-0.4, -0.2) is 129 Å². The molecular weight excluding hydrogens is 1090 g/mol. The van der Waals surface area contributed by atoms with E-state index in [1.54, 1.807) is 12.7 Å². The molecule has 83 heavy (non-hydrogen) atoms. The van der Waals surface area contributed by atoms with Crippen LogP contribution in [-0.2, 0) is 44.9 Å². The minimum atomic E-state index is -0.253. The highest BCUT2D eigenvalue weighted by Crippen LogP contribution is 2.43. The average molecular weight is 1180 g/mol. The van der Waals surface area contributed by atoms with E-state index in [9.17, 15) is 4.39 Å². The van der Waals surface area contributed by atoms with E-state index < -0.39 is 0 Å². The number of nitrogens with zero attached hydrogens (tertiary/aromatic N) is 9. The van der Waals surface area contributed by atoms with Gasteiger partial charge in [-0.1, -0.05) is 48.5 Å². The van der Waals surface area contributed by atoms with Gasteiger partial charge >= 0.3 is 0 Å². The van der Waals surface area contributed by atoms with Gasteiger partial charge in [-0.05, 0) is 217 Å². The van der Waals surface area contributed by atoms with Gasteiger partial charge < -0.3 is 36.0 Å². The van der Waals surface area contributed by atoms with Crippen LogP contribution in [0.1, 0.15) is 140 Å². The van der Waals surface area contributed by atoms with E-state index >= 15 is 0 Å². The molecule has 440 valence electrons. The molecule has 13 nitrogen and oxygen atoms in total. The second kappa shape index (κ2) is 27.3. The molecule has 0 radical (unpaired) electrons. The van der Waals surface area contributed by atoms with E-state index in [4.69, 9.17) is 9.97 Å². The van der Waals surface area contributed by atoms with Gasteiger partial charge in [0, 0.05) is 63.1 Å². The zero-order valence-corrected chi connectivity index (χ0v) is 51.9. The van der Waals surface area contributed by atoms with E-state index in [0.29, 0.717) is 42.7 Å². The maximum absolute atomic E-state index is 12.5. The van der Waals surface area contributed by atoms with Crippen LogP contribution in [0, 0.1) is 0 Å². The van der Waals surface area contributed by atoms with Gasteiger partial charge in [-0.25, -0.2) is 29.3 Å². The lowest BCUT2D eigenvalue weighted by Gasteiger charge is -2.35. The van der Waals surface area contributed by atoms with E-state index in [1.807, 2.05) is 59.3 Å². The van der Waals surface area contributed by atoms with Crippen molar-refractivity contribution in [1.29, 1.82) is 0 Å². The molecule has 14 rings (SSSR count). The number of alkyl halides is 1. The molecule has 2 aromatic carbocycles. The second-order valence-corrected chi connectivity index (χ2v) is 27.8. The van der Waals surface area contributed by atoms with Crippen molar-refractivity contribution in [2.75, 3.05) is 69.2 Å². The van der Waals surface area contributed by atoms with E-state index in [-0.39, 0.29) is 6.67 Å². The van der Waals surface area contributed by atoms with Crippen molar-refractivity contribution < 1.29 is 4.39 Å². The number of fused-ring (bicyclic) bond motifs is 9. The Morgan fingerprint density at radius 3 is 1.42 bits per heavy atom. The fourth-order valence-electron chi connectivity index (χ4n) is 14.2. The minimum Gasteiger partial charge on any atom is -0.367 e. The van der Waals surface area contributed by atoms with Crippen LogP contribution in [0.25, 0.3) is 30.6 Å². The van der Waals surface area contributed by atoms with Gasteiger partial charge in [0.15, 0.2) is 0 Å². The monoisotopic (exact) mass is 1180 g/mol. The number of thiophene rings is 3. The number of hydrogen-bond acceptors (Lipinski definition) is 16. The van der Waals surface area contributed by atoms with Crippen LogP contribution >= 0.6 is 34.0 Å². The maximum Gasteiger partial charge on any atom is 0.230 e. The minimum absolute atomic E-state index is 0.253. The molecule has 4 N–H and O–H groups in total. The smallest absolute Gasteiger partial charge is 0.230 e. The van der Waals surface area contributed by atoms with Crippen molar-refractivity contribution >= 4 is 93.7 Å². The summed E-state index contributed by atoms with van der Waals surface area (Å²) in [5.74, 6) is 3.83. The van der Waals surface area contributed by atoms with Crippen molar-refractivity contribution in [3.8, 4) is 0 Å². The lowest BCUT2D eigenvalue weighted by Crippen LogP contribution is -2.39. The normalized spacial score (nSPS) is 22.1. The Balaban J connectivity index is 0.000000124. The highest BCUT2D eigenvalue weighted by molar-refractivity contribution is 7.19. The topological polar surface area (TPSA) is 135 Å². The summed E-state index contributed by atoms with van der Waals surface area (Å²) in [6, 6.07) is 24.5. The quantitative estimate of drug-likeness (QED) is 0.0690. The molecule has 3 saturated carbocycles. The summed E-state index contributed by atoms with van der Waals surface area (Å²) in [6.07, 6.45) is 31.2. The average Bonchev–Trinajstić information content (AvgIpc) is 3.34. The van der Waals surface area contributed by atoms with Crippen molar-refractivity contribution in [3.63, 3.8) is 0 Å². The fourth-order valence-corrected chi connectivity index (χ4v) is 17.9. The molecule has 0 aliphatic heterocycles. The number of aromatic nitrogens is 6. The molecule has 3 fully saturated rings. The molecule has 8 aromatic rings. The van der Waals surface area contributed by atoms with Gasteiger partial charge in [0.1, 0.15) is 51.3 Å². The third-order valence-corrected chi connectivity index (χ3v) is 22.5. The first-order chi connectivity index (χ1) is 40.7. The van der Waals surface area contributed by atoms with Crippen LogP contribution < -0.4 is 21.3 Å². The molecule has 0 saturated heterocycles. The number of halogens is 1. The Hall–Kier alpha value is -5.43. The van der Waals surface area contributed by atoms with Crippen molar-refractivity contribution in [2.45, 2.75) is 184 Å². The maximum atomic E-state index is 12.5. The fraction of sp³-hybridized carbons (Fsp3) is 0.545. The third-order valence-electron chi connectivity index (χ3n) is 18.9. The number of benzene rings is 2.